The molecule has 1 heterocycles. The largest absolute Gasteiger partial charge is 0.341 e. The molecule has 1 rings (SSSR count). The SMILES string of the molecule is CNC(=O)NCCn1[c]n[nH]c(=O)c1=O. The number of H-pyrrole nitrogens is 1. The molecule has 0 fully saturated rings. The molecule has 0 aliphatic heterocycles. The van der Waals surface area contributed by atoms with Gasteiger partial charge >= 0.3 is 17.1 Å². The van der Waals surface area contributed by atoms with Crippen LogP contribution < -0.4 is 21.8 Å². The number of nitrogens with one attached hydrogen (secondary N) is 3. The van der Waals surface area contributed by atoms with Crippen molar-refractivity contribution >= 4 is 6.03 Å². The second-order valence-electron chi connectivity index (χ2n) is 2.62. The maximum atomic E-state index is 11.1. The van der Waals surface area contributed by atoms with Gasteiger partial charge in [0.15, 0.2) is 0 Å². The van der Waals surface area contributed by atoms with Crippen LogP contribution in [0.5, 0.6) is 0 Å². The molecule has 81 valence electrons. The third kappa shape index (κ3) is 2.93. The van der Waals surface area contributed by atoms with Gasteiger partial charge in [-0.25, -0.2) is 9.89 Å². The molecule has 0 unspecified atom stereocenters. The molecule has 3 N–H and O–H groups in total. The van der Waals surface area contributed by atoms with E-state index in [0.29, 0.717) is 0 Å². The van der Waals surface area contributed by atoms with E-state index in [0.717, 1.165) is 4.57 Å². The van der Waals surface area contributed by atoms with Gasteiger partial charge in [-0.15, -0.1) is 0 Å². The van der Waals surface area contributed by atoms with Gasteiger partial charge in [-0.1, -0.05) is 0 Å². The lowest BCUT2D eigenvalue weighted by Crippen LogP contribution is -2.40. The summed E-state index contributed by atoms with van der Waals surface area (Å²) in [5.74, 6) is 0. The second-order valence-corrected chi connectivity index (χ2v) is 2.62. The van der Waals surface area contributed by atoms with E-state index < -0.39 is 11.1 Å². The zero-order valence-corrected chi connectivity index (χ0v) is 8.03. The number of carbonyl (C=O) groups is 1. The maximum absolute atomic E-state index is 11.1. The number of hydrogen-bond acceptors (Lipinski definition) is 4. The molecule has 0 atom stereocenters. The molecule has 0 aromatic carbocycles. The Morgan fingerprint density at radius 3 is 3.00 bits per heavy atom. The Morgan fingerprint density at radius 2 is 2.33 bits per heavy atom. The fourth-order valence-electron chi connectivity index (χ4n) is 0.873. The Morgan fingerprint density at radius 1 is 1.60 bits per heavy atom. The van der Waals surface area contributed by atoms with Crippen molar-refractivity contribution in [3.8, 4) is 0 Å². The maximum Gasteiger partial charge on any atom is 0.330 e. The van der Waals surface area contributed by atoms with Crippen molar-refractivity contribution in [1.29, 1.82) is 0 Å². The lowest BCUT2D eigenvalue weighted by Gasteiger charge is -2.04. The quantitative estimate of drug-likeness (QED) is 0.488. The summed E-state index contributed by atoms with van der Waals surface area (Å²) in [7, 11) is 1.47. The van der Waals surface area contributed by atoms with E-state index in [1.807, 2.05) is 5.10 Å². The summed E-state index contributed by atoms with van der Waals surface area (Å²) in [5, 5.41) is 10.1. The lowest BCUT2D eigenvalue weighted by molar-refractivity contribution is 0.242. The summed E-state index contributed by atoms with van der Waals surface area (Å²) in [6.07, 6.45) is 2.30. The Kier molecular flexibility index (Phi) is 3.61. The van der Waals surface area contributed by atoms with Crippen LogP contribution in [-0.4, -0.2) is 34.4 Å². The highest BCUT2D eigenvalue weighted by Gasteiger charge is 2.01. The van der Waals surface area contributed by atoms with Gasteiger partial charge < -0.3 is 10.6 Å². The number of hydrogen-bond donors (Lipinski definition) is 3. The van der Waals surface area contributed by atoms with Crippen molar-refractivity contribution < 1.29 is 4.79 Å². The Balaban J connectivity index is 2.59. The molecular weight excluding hydrogens is 202 g/mol. The summed E-state index contributed by atoms with van der Waals surface area (Å²) >= 11 is 0. The molecule has 0 aliphatic rings. The summed E-state index contributed by atoms with van der Waals surface area (Å²) in [5.41, 5.74) is -1.56. The summed E-state index contributed by atoms with van der Waals surface area (Å²) in [6, 6.07) is -0.360. The molecule has 1 radical (unpaired) electrons. The van der Waals surface area contributed by atoms with E-state index in [9.17, 15) is 14.4 Å². The molecule has 8 nitrogen and oxygen atoms in total. The van der Waals surface area contributed by atoms with Crippen LogP contribution in [-0.2, 0) is 6.54 Å². The van der Waals surface area contributed by atoms with Crippen LogP contribution in [0, 0.1) is 6.33 Å². The topological polar surface area (TPSA) is 109 Å². The van der Waals surface area contributed by atoms with Gasteiger partial charge in [0.05, 0.1) is 0 Å². The molecule has 1 aromatic rings. The highest BCUT2D eigenvalue weighted by Crippen LogP contribution is 1.71. The Hall–Kier alpha value is -2.12. The van der Waals surface area contributed by atoms with Crippen molar-refractivity contribution in [1.82, 2.24) is 25.4 Å². The van der Waals surface area contributed by atoms with Crippen LogP contribution in [0.15, 0.2) is 9.59 Å². The monoisotopic (exact) mass is 212 g/mol. The molecule has 2 amide bonds. The van der Waals surface area contributed by atoms with E-state index in [4.69, 9.17) is 0 Å². The summed E-state index contributed by atoms with van der Waals surface area (Å²) in [6.45, 7) is 0.352. The van der Waals surface area contributed by atoms with Crippen molar-refractivity contribution in [3.63, 3.8) is 0 Å². The smallest absolute Gasteiger partial charge is 0.330 e. The Labute approximate surface area is 84.3 Å². The highest BCUT2D eigenvalue weighted by atomic mass is 16.2. The number of rotatable bonds is 3. The third-order valence-corrected chi connectivity index (χ3v) is 1.62. The van der Waals surface area contributed by atoms with Crippen molar-refractivity contribution in [2.75, 3.05) is 13.6 Å². The molecule has 0 saturated carbocycles. The fraction of sp³-hybridized carbons (Fsp3) is 0.429. The van der Waals surface area contributed by atoms with Gasteiger partial charge in [0.1, 0.15) is 0 Å². The number of amides is 2. The minimum absolute atomic E-state index is 0.142. The molecule has 0 bridgehead atoms. The van der Waals surface area contributed by atoms with Crippen LogP contribution in [0.2, 0.25) is 0 Å². The molecule has 8 heteroatoms. The lowest BCUT2D eigenvalue weighted by atomic mass is 10.6. The van der Waals surface area contributed by atoms with Gasteiger partial charge in [-0.05, 0) is 0 Å². The number of urea groups is 1. The number of aromatic nitrogens is 3. The van der Waals surface area contributed by atoms with Crippen LogP contribution in [0.1, 0.15) is 0 Å². The normalized spacial score (nSPS) is 9.67. The minimum atomic E-state index is -0.811. The van der Waals surface area contributed by atoms with E-state index in [2.05, 4.69) is 22.1 Å². The summed E-state index contributed by atoms with van der Waals surface area (Å²) < 4.78 is 0.995. The zero-order valence-electron chi connectivity index (χ0n) is 8.03. The van der Waals surface area contributed by atoms with Crippen molar-refractivity contribution in [2.45, 2.75) is 6.54 Å². The molecule has 0 aliphatic carbocycles. The summed E-state index contributed by atoms with van der Waals surface area (Å²) in [4.78, 5) is 32.7. The Bertz CT molecular complexity index is 448. The highest BCUT2D eigenvalue weighted by molar-refractivity contribution is 5.73. The predicted octanol–water partition coefficient (Wildman–Crippen LogP) is -2.34. The van der Waals surface area contributed by atoms with E-state index in [-0.39, 0.29) is 19.1 Å². The van der Waals surface area contributed by atoms with Crippen LogP contribution in [0.25, 0.3) is 0 Å². The average Bonchev–Trinajstić information content (AvgIpc) is 2.24. The van der Waals surface area contributed by atoms with E-state index >= 15 is 0 Å². The first-order valence-electron chi connectivity index (χ1n) is 4.18. The second kappa shape index (κ2) is 4.94. The molecule has 1 aromatic heterocycles. The molecule has 0 saturated heterocycles. The third-order valence-electron chi connectivity index (χ3n) is 1.62. The zero-order chi connectivity index (χ0) is 11.3. The molecule has 0 spiro atoms. The van der Waals surface area contributed by atoms with Crippen LogP contribution in [0.3, 0.4) is 0 Å². The molecular formula is C7H10N5O3. The number of nitrogens with zero attached hydrogens (tertiary/aromatic N) is 2. The first-order chi connectivity index (χ1) is 7.15. The van der Waals surface area contributed by atoms with Crippen LogP contribution in [0.4, 0.5) is 4.79 Å². The molecule has 15 heavy (non-hydrogen) atoms. The standard InChI is InChI=1S/C7H10N5O3/c1-8-7(15)9-2-3-12-4-10-11-5(13)6(12)14/h2-3H2,1H3,(H,11,13)(H2,8,9,15). The van der Waals surface area contributed by atoms with Crippen molar-refractivity contribution in [2.24, 2.45) is 0 Å². The average molecular weight is 212 g/mol. The first kappa shape index (κ1) is 11.0. The van der Waals surface area contributed by atoms with Gasteiger partial charge in [-0.2, -0.15) is 5.10 Å². The fourth-order valence-corrected chi connectivity index (χ4v) is 0.873. The van der Waals surface area contributed by atoms with Gasteiger partial charge in [0.25, 0.3) is 0 Å². The minimum Gasteiger partial charge on any atom is -0.341 e. The van der Waals surface area contributed by atoms with Crippen LogP contribution >= 0.6 is 0 Å². The van der Waals surface area contributed by atoms with E-state index in [1.54, 1.807) is 0 Å². The first-order valence-corrected chi connectivity index (χ1v) is 4.18. The van der Waals surface area contributed by atoms with Crippen molar-refractivity contribution in [3.05, 3.63) is 27.0 Å². The number of aromatic amines is 1. The van der Waals surface area contributed by atoms with E-state index in [1.165, 1.54) is 7.05 Å². The predicted molar refractivity (Wildman–Crippen MR) is 50.4 cm³/mol. The number of carbonyl (C=O) groups excluding carboxylic acids is 1. The van der Waals surface area contributed by atoms with Gasteiger partial charge in [-0.3, -0.25) is 14.2 Å². The van der Waals surface area contributed by atoms with Gasteiger partial charge in [0.2, 0.25) is 6.33 Å². The van der Waals surface area contributed by atoms with Gasteiger partial charge in [0, 0.05) is 20.1 Å².